The average molecular weight is 205 g/mol. The van der Waals surface area contributed by atoms with Gasteiger partial charge in [-0.15, -0.1) is 0 Å². The highest BCUT2D eigenvalue weighted by molar-refractivity contribution is 5.99. The van der Waals surface area contributed by atoms with Gasteiger partial charge >= 0.3 is 0 Å². The van der Waals surface area contributed by atoms with Crippen LogP contribution in [0.4, 0.5) is 0 Å². The molecule has 0 aliphatic carbocycles. The largest absolute Gasteiger partial charge is 0.481 e. The van der Waals surface area contributed by atoms with Gasteiger partial charge in [0.25, 0.3) is 5.91 Å². The van der Waals surface area contributed by atoms with Crippen molar-refractivity contribution >= 4 is 11.8 Å². The van der Waals surface area contributed by atoms with E-state index in [1.54, 1.807) is 12.1 Å². The number of hydrogen-bond donors (Lipinski definition) is 1. The van der Waals surface area contributed by atoms with E-state index in [4.69, 9.17) is 4.74 Å². The van der Waals surface area contributed by atoms with Gasteiger partial charge in [0.2, 0.25) is 5.91 Å². The first-order valence-electron chi connectivity index (χ1n) is 4.81. The molecule has 1 aliphatic heterocycles. The molecule has 4 heteroatoms. The Morgan fingerprint density at radius 2 is 1.93 bits per heavy atom. The number of amides is 2. The molecule has 0 aromatic heterocycles. The Labute approximate surface area is 87.2 Å². The van der Waals surface area contributed by atoms with E-state index in [2.05, 4.69) is 5.32 Å². The molecule has 1 saturated heterocycles. The molecular weight excluding hydrogens is 194 g/mol. The molecule has 0 bridgehead atoms. The van der Waals surface area contributed by atoms with E-state index in [1.165, 1.54) is 0 Å². The second-order valence-electron chi connectivity index (χ2n) is 3.37. The molecule has 1 aliphatic rings. The van der Waals surface area contributed by atoms with E-state index < -0.39 is 6.10 Å². The number of hydrogen-bond acceptors (Lipinski definition) is 3. The van der Waals surface area contributed by atoms with Crippen molar-refractivity contribution in [3.63, 3.8) is 0 Å². The summed E-state index contributed by atoms with van der Waals surface area (Å²) in [5, 5.41) is 2.25. The first kappa shape index (κ1) is 9.71. The van der Waals surface area contributed by atoms with Crippen molar-refractivity contribution in [2.24, 2.45) is 0 Å². The van der Waals surface area contributed by atoms with Gasteiger partial charge in [-0.2, -0.15) is 0 Å². The average Bonchev–Trinajstić information content (AvgIpc) is 2.24. The first-order chi connectivity index (χ1) is 7.25. The monoisotopic (exact) mass is 205 g/mol. The Hall–Kier alpha value is -1.84. The predicted octanol–water partition coefficient (Wildman–Crippen LogP) is 0.871. The highest BCUT2D eigenvalue weighted by Crippen LogP contribution is 2.15. The molecule has 15 heavy (non-hydrogen) atoms. The van der Waals surface area contributed by atoms with Gasteiger partial charge in [-0.05, 0) is 12.1 Å². The van der Waals surface area contributed by atoms with Crippen LogP contribution in [0.25, 0.3) is 0 Å². The Morgan fingerprint density at radius 3 is 2.60 bits per heavy atom. The van der Waals surface area contributed by atoms with Crippen molar-refractivity contribution in [2.75, 3.05) is 0 Å². The van der Waals surface area contributed by atoms with Crippen LogP contribution in [-0.2, 0) is 9.59 Å². The topological polar surface area (TPSA) is 55.4 Å². The summed E-state index contributed by atoms with van der Waals surface area (Å²) in [5.74, 6) is 0.0648. The summed E-state index contributed by atoms with van der Waals surface area (Å²) in [4.78, 5) is 22.2. The Balaban J connectivity index is 2.01. The second-order valence-corrected chi connectivity index (χ2v) is 3.37. The van der Waals surface area contributed by atoms with E-state index in [1.807, 2.05) is 18.2 Å². The molecule has 0 unspecified atom stereocenters. The zero-order chi connectivity index (χ0) is 10.7. The quantitative estimate of drug-likeness (QED) is 0.729. The van der Waals surface area contributed by atoms with Crippen molar-refractivity contribution in [3.05, 3.63) is 30.3 Å². The van der Waals surface area contributed by atoms with Gasteiger partial charge in [0, 0.05) is 12.8 Å². The lowest BCUT2D eigenvalue weighted by molar-refractivity contribution is -0.138. The van der Waals surface area contributed by atoms with Crippen LogP contribution in [0.2, 0.25) is 0 Å². The summed E-state index contributed by atoms with van der Waals surface area (Å²) in [7, 11) is 0. The van der Waals surface area contributed by atoms with Gasteiger partial charge in [-0.3, -0.25) is 14.9 Å². The predicted molar refractivity (Wildman–Crippen MR) is 53.2 cm³/mol. The molecular formula is C11H11NO3. The molecule has 2 amide bonds. The number of carbonyl (C=O) groups is 2. The third kappa shape index (κ3) is 2.34. The minimum atomic E-state index is -0.551. The molecule has 0 saturated carbocycles. The highest BCUT2D eigenvalue weighted by Gasteiger charge is 2.27. The number of benzene rings is 1. The summed E-state index contributed by atoms with van der Waals surface area (Å²) >= 11 is 0. The van der Waals surface area contributed by atoms with Crippen molar-refractivity contribution in [3.8, 4) is 5.75 Å². The molecule has 78 valence electrons. The summed E-state index contributed by atoms with van der Waals surface area (Å²) in [6.45, 7) is 0. The Bertz CT molecular complexity index is 375. The van der Waals surface area contributed by atoms with Gasteiger partial charge in [0.15, 0.2) is 6.10 Å². The van der Waals surface area contributed by atoms with Crippen molar-refractivity contribution < 1.29 is 14.3 Å². The molecule has 1 aromatic carbocycles. The fraction of sp³-hybridized carbons (Fsp3) is 0.273. The maximum Gasteiger partial charge on any atom is 0.267 e. The van der Waals surface area contributed by atoms with Gasteiger partial charge in [-0.1, -0.05) is 18.2 Å². The van der Waals surface area contributed by atoms with Crippen LogP contribution in [0.5, 0.6) is 5.75 Å². The minimum Gasteiger partial charge on any atom is -0.481 e. The van der Waals surface area contributed by atoms with E-state index >= 15 is 0 Å². The van der Waals surface area contributed by atoms with E-state index in [9.17, 15) is 9.59 Å². The van der Waals surface area contributed by atoms with Crippen LogP contribution < -0.4 is 10.1 Å². The lowest BCUT2D eigenvalue weighted by atomic mass is 10.1. The fourth-order valence-electron chi connectivity index (χ4n) is 1.45. The number of nitrogens with one attached hydrogen (secondary N) is 1. The molecule has 4 nitrogen and oxygen atoms in total. The number of rotatable bonds is 2. The number of carbonyl (C=O) groups excluding carboxylic acids is 2. The summed E-state index contributed by atoms with van der Waals surface area (Å²) in [6, 6.07) is 9.10. The number of para-hydroxylation sites is 1. The lowest BCUT2D eigenvalue weighted by Crippen LogP contribution is -2.46. The van der Waals surface area contributed by atoms with E-state index in [-0.39, 0.29) is 11.8 Å². The maximum atomic E-state index is 11.4. The van der Waals surface area contributed by atoms with E-state index in [0.29, 0.717) is 18.6 Å². The van der Waals surface area contributed by atoms with Crippen LogP contribution in [0.3, 0.4) is 0 Å². The molecule has 1 atom stereocenters. The van der Waals surface area contributed by atoms with Crippen LogP contribution in [-0.4, -0.2) is 17.9 Å². The van der Waals surface area contributed by atoms with Gasteiger partial charge in [0.1, 0.15) is 5.75 Å². The van der Waals surface area contributed by atoms with Crippen LogP contribution in [0, 0.1) is 0 Å². The number of piperidine rings is 1. The first-order valence-corrected chi connectivity index (χ1v) is 4.81. The number of imide groups is 1. The highest BCUT2D eigenvalue weighted by atomic mass is 16.5. The molecule has 2 rings (SSSR count). The third-order valence-electron chi connectivity index (χ3n) is 2.21. The summed E-state index contributed by atoms with van der Waals surface area (Å²) in [6.07, 6.45) is 0.230. The van der Waals surface area contributed by atoms with Crippen LogP contribution in [0.1, 0.15) is 12.8 Å². The van der Waals surface area contributed by atoms with E-state index in [0.717, 1.165) is 0 Å². The summed E-state index contributed by atoms with van der Waals surface area (Å²) in [5.41, 5.74) is 0. The summed E-state index contributed by atoms with van der Waals surface area (Å²) < 4.78 is 5.45. The molecule has 0 spiro atoms. The van der Waals surface area contributed by atoms with Crippen LogP contribution in [0.15, 0.2) is 30.3 Å². The molecule has 1 heterocycles. The molecule has 1 aromatic rings. The standard InChI is InChI=1S/C11H11NO3/c13-10-7-6-9(11(14)12-10)15-8-4-2-1-3-5-8/h1-5,9H,6-7H2,(H,12,13,14)/t9-/m1/s1. The van der Waals surface area contributed by atoms with Crippen molar-refractivity contribution in [1.29, 1.82) is 0 Å². The minimum absolute atomic E-state index is 0.229. The van der Waals surface area contributed by atoms with Gasteiger partial charge < -0.3 is 4.74 Å². The molecule has 0 radical (unpaired) electrons. The van der Waals surface area contributed by atoms with Crippen LogP contribution >= 0.6 is 0 Å². The molecule has 1 N–H and O–H groups in total. The van der Waals surface area contributed by atoms with Crippen molar-refractivity contribution in [1.82, 2.24) is 5.32 Å². The lowest BCUT2D eigenvalue weighted by Gasteiger charge is -2.21. The molecule has 1 fully saturated rings. The SMILES string of the molecule is O=C1CC[C@@H](Oc2ccccc2)C(=O)N1. The second kappa shape index (κ2) is 4.13. The third-order valence-corrected chi connectivity index (χ3v) is 2.21. The fourth-order valence-corrected chi connectivity index (χ4v) is 1.45. The smallest absolute Gasteiger partial charge is 0.267 e. The normalized spacial score (nSPS) is 20.9. The zero-order valence-corrected chi connectivity index (χ0v) is 8.10. The van der Waals surface area contributed by atoms with Crippen molar-refractivity contribution in [2.45, 2.75) is 18.9 Å². The number of ether oxygens (including phenoxy) is 1. The van der Waals surface area contributed by atoms with Gasteiger partial charge in [0.05, 0.1) is 0 Å². The Kier molecular flexibility index (Phi) is 2.67. The van der Waals surface area contributed by atoms with Gasteiger partial charge in [-0.25, -0.2) is 0 Å². The Morgan fingerprint density at radius 1 is 1.20 bits per heavy atom. The zero-order valence-electron chi connectivity index (χ0n) is 8.10. The maximum absolute atomic E-state index is 11.4.